The van der Waals surface area contributed by atoms with Crippen LogP contribution in [0.1, 0.15) is 27.2 Å². The number of hydrogen-bond donors (Lipinski definition) is 1. The Balaban J connectivity index is 1.47. The van der Waals surface area contributed by atoms with Gasteiger partial charge in [-0.05, 0) is 29.8 Å². The van der Waals surface area contributed by atoms with Crippen LogP contribution in [0.25, 0.3) is 0 Å². The van der Waals surface area contributed by atoms with E-state index in [1.165, 1.54) is 17.1 Å². The summed E-state index contributed by atoms with van der Waals surface area (Å²) in [5.74, 6) is 3.43. The highest BCUT2D eigenvalue weighted by Crippen LogP contribution is 2.46. The minimum Gasteiger partial charge on any atom is -0.457 e. The van der Waals surface area contributed by atoms with Crippen molar-refractivity contribution in [3.05, 3.63) is 89.5 Å². The Kier molecular flexibility index (Phi) is 4.79. The number of carbonyl (C=O) groups is 1. The van der Waals surface area contributed by atoms with Crippen molar-refractivity contribution in [2.75, 3.05) is 16.8 Å². The fraction of sp³-hybridized carbons (Fsp3) is 0.174. The Hall–Kier alpha value is -2.37. The molecule has 0 spiro atoms. The van der Waals surface area contributed by atoms with Gasteiger partial charge in [-0.2, -0.15) is 0 Å². The predicted molar refractivity (Wildman–Crippen MR) is 118 cm³/mol. The number of fused-ring (bicyclic) bond motifs is 2. The van der Waals surface area contributed by atoms with Crippen molar-refractivity contribution in [3.8, 4) is 11.5 Å². The maximum Gasteiger partial charge on any atom is 0.236 e. The molecule has 2 aliphatic rings. The zero-order valence-corrected chi connectivity index (χ0v) is 16.8. The number of anilines is 1. The summed E-state index contributed by atoms with van der Waals surface area (Å²) in [6.45, 7) is 0. The lowest BCUT2D eigenvalue weighted by Gasteiger charge is -2.27. The molecular formula is C23H19NO2S2. The van der Waals surface area contributed by atoms with Gasteiger partial charge in [0.25, 0.3) is 0 Å². The van der Waals surface area contributed by atoms with Crippen LogP contribution in [-0.4, -0.2) is 17.4 Å². The molecule has 0 aliphatic carbocycles. The molecule has 28 heavy (non-hydrogen) atoms. The maximum atomic E-state index is 13.3. The maximum absolute atomic E-state index is 13.3. The highest BCUT2D eigenvalue weighted by Gasteiger charge is 2.32. The third kappa shape index (κ3) is 3.29. The molecule has 0 bridgehead atoms. The quantitative estimate of drug-likeness (QED) is 0.576. The molecule has 0 atom stereocenters. The fourth-order valence-electron chi connectivity index (χ4n) is 3.72. The van der Waals surface area contributed by atoms with Gasteiger partial charge in [0, 0.05) is 28.3 Å². The third-order valence-corrected chi connectivity index (χ3v) is 8.09. The molecule has 2 aliphatic heterocycles. The topological polar surface area (TPSA) is 38.3 Å². The van der Waals surface area contributed by atoms with E-state index in [1.807, 2.05) is 84.2 Å². The molecule has 3 aromatic rings. The van der Waals surface area contributed by atoms with Crippen molar-refractivity contribution in [2.24, 2.45) is 0 Å². The Morgan fingerprint density at radius 2 is 1.50 bits per heavy atom. The zero-order chi connectivity index (χ0) is 18.9. The van der Waals surface area contributed by atoms with Gasteiger partial charge >= 0.3 is 0 Å². The summed E-state index contributed by atoms with van der Waals surface area (Å²) in [5, 5.41) is 3.14. The molecule has 0 unspecified atom stereocenters. The standard InChI is InChI=1S/C23H19NO2S2/c25-22(24-16-7-5-6-15(14-16)23-27-12-13-28-23)21-17-8-1-3-10-19(17)26-20-11-4-2-9-18(20)21/h1-11,14,21,23H,12-13H2,(H,24,25). The van der Waals surface area contributed by atoms with Gasteiger partial charge in [0.1, 0.15) is 11.5 Å². The molecule has 0 radical (unpaired) electrons. The minimum atomic E-state index is -0.389. The summed E-state index contributed by atoms with van der Waals surface area (Å²) in [7, 11) is 0. The molecule has 5 heteroatoms. The Morgan fingerprint density at radius 3 is 2.18 bits per heavy atom. The van der Waals surface area contributed by atoms with Crippen LogP contribution in [0.5, 0.6) is 11.5 Å². The lowest BCUT2D eigenvalue weighted by Crippen LogP contribution is -2.25. The number of nitrogens with one attached hydrogen (secondary N) is 1. The molecule has 3 nitrogen and oxygen atoms in total. The molecule has 0 aromatic heterocycles. The van der Waals surface area contributed by atoms with Crippen LogP contribution in [0.3, 0.4) is 0 Å². The van der Waals surface area contributed by atoms with Crippen molar-refractivity contribution >= 4 is 35.1 Å². The van der Waals surface area contributed by atoms with Gasteiger partial charge in [-0.25, -0.2) is 0 Å². The molecular weight excluding hydrogens is 386 g/mol. The highest BCUT2D eigenvalue weighted by atomic mass is 32.2. The van der Waals surface area contributed by atoms with Crippen LogP contribution < -0.4 is 10.1 Å². The normalized spacial score (nSPS) is 16.1. The zero-order valence-electron chi connectivity index (χ0n) is 15.1. The van der Waals surface area contributed by atoms with Gasteiger partial charge in [-0.15, -0.1) is 23.5 Å². The summed E-state index contributed by atoms with van der Waals surface area (Å²) in [4.78, 5) is 13.3. The molecule has 2 heterocycles. The Morgan fingerprint density at radius 1 is 0.857 bits per heavy atom. The van der Waals surface area contributed by atoms with E-state index in [0.29, 0.717) is 4.58 Å². The molecule has 1 amide bonds. The first kappa shape index (κ1) is 17.7. The molecule has 1 N–H and O–H groups in total. The summed E-state index contributed by atoms with van der Waals surface area (Å²) in [5.41, 5.74) is 3.91. The number of amides is 1. The summed E-state index contributed by atoms with van der Waals surface area (Å²) >= 11 is 3.93. The van der Waals surface area contributed by atoms with Crippen LogP contribution in [-0.2, 0) is 4.79 Å². The molecule has 140 valence electrons. The summed E-state index contributed by atoms with van der Waals surface area (Å²) in [6, 6.07) is 23.8. The van der Waals surface area contributed by atoms with Crippen LogP contribution in [0.2, 0.25) is 0 Å². The molecule has 1 fully saturated rings. The summed E-state index contributed by atoms with van der Waals surface area (Å²) in [6.07, 6.45) is 0. The van der Waals surface area contributed by atoms with E-state index in [2.05, 4.69) is 17.4 Å². The lowest BCUT2D eigenvalue weighted by molar-refractivity contribution is -0.116. The highest BCUT2D eigenvalue weighted by molar-refractivity contribution is 8.19. The van der Waals surface area contributed by atoms with Crippen molar-refractivity contribution in [2.45, 2.75) is 10.5 Å². The second-order valence-corrected chi connectivity index (χ2v) is 9.52. The van der Waals surface area contributed by atoms with E-state index in [1.54, 1.807) is 0 Å². The Labute approximate surface area is 172 Å². The molecule has 3 aromatic carbocycles. The number of benzene rings is 3. The van der Waals surface area contributed by atoms with Gasteiger partial charge in [0.15, 0.2) is 0 Å². The van der Waals surface area contributed by atoms with Crippen LogP contribution in [0.4, 0.5) is 5.69 Å². The number of hydrogen-bond acceptors (Lipinski definition) is 4. The van der Waals surface area contributed by atoms with Gasteiger partial charge in [0.2, 0.25) is 5.91 Å². The van der Waals surface area contributed by atoms with Crippen molar-refractivity contribution in [1.82, 2.24) is 0 Å². The van der Waals surface area contributed by atoms with E-state index in [0.717, 1.165) is 28.3 Å². The fourth-order valence-corrected chi connectivity index (χ4v) is 6.56. The van der Waals surface area contributed by atoms with Crippen molar-refractivity contribution in [1.29, 1.82) is 0 Å². The van der Waals surface area contributed by atoms with Gasteiger partial charge in [-0.1, -0.05) is 48.5 Å². The van der Waals surface area contributed by atoms with Crippen LogP contribution in [0, 0.1) is 0 Å². The first-order chi connectivity index (χ1) is 13.8. The SMILES string of the molecule is O=C(Nc1cccc(C2SCCS2)c1)C1c2ccccc2Oc2ccccc21. The van der Waals surface area contributed by atoms with Crippen molar-refractivity contribution < 1.29 is 9.53 Å². The first-order valence-corrected chi connectivity index (χ1v) is 11.4. The van der Waals surface area contributed by atoms with Crippen LogP contribution in [0.15, 0.2) is 72.8 Å². The average molecular weight is 406 g/mol. The van der Waals surface area contributed by atoms with E-state index in [-0.39, 0.29) is 11.8 Å². The van der Waals surface area contributed by atoms with Crippen LogP contribution >= 0.6 is 23.5 Å². The first-order valence-electron chi connectivity index (χ1n) is 9.29. The number of ether oxygens (including phenoxy) is 1. The Bertz CT molecular complexity index is 985. The molecule has 0 saturated carbocycles. The number of carbonyl (C=O) groups excluding carboxylic acids is 1. The lowest BCUT2D eigenvalue weighted by atomic mass is 9.87. The largest absolute Gasteiger partial charge is 0.457 e. The molecule has 5 rings (SSSR count). The predicted octanol–water partition coefficient (Wildman–Crippen LogP) is 6.04. The van der Waals surface area contributed by atoms with Gasteiger partial charge in [-0.3, -0.25) is 4.79 Å². The number of para-hydroxylation sites is 2. The number of rotatable bonds is 3. The van der Waals surface area contributed by atoms with Gasteiger partial charge < -0.3 is 10.1 Å². The third-order valence-electron chi connectivity index (χ3n) is 4.99. The van der Waals surface area contributed by atoms with E-state index >= 15 is 0 Å². The monoisotopic (exact) mass is 405 g/mol. The average Bonchev–Trinajstić information content (AvgIpc) is 3.27. The molecule has 1 saturated heterocycles. The second-order valence-electron chi connectivity index (χ2n) is 6.80. The van der Waals surface area contributed by atoms with Crippen molar-refractivity contribution in [3.63, 3.8) is 0 Å². The summed E-state index contributed by atoms with van der Waals surface area (Å²) < 4.78 is 6.47. The van der Waals surface area contributed by atoms with Gasteiger partial charge in [0.05, 0.1) is 10.5 Å². The minimum absolute atomic E-state index is 0.0351. The van der Waals surface area contributed by atoms with E-state index in [4.69, 9.17) is 4.74 Å². The van der Waals surface area contributed by atoms with E-state index < -0.39 is 0 Å². The van der Waals surface area contributed by atoms with E-state index in [9.17, 15) is 4.79 Å². The smallest absolute Gasteiger partial charge is 0.236 e. The second kappa shape index (κ2) is 7.57. The number of thioether (sulfide) groups is 2.